The van der Waals surface area contributed by atoms with Crippen molar-refractivity contribution in [1.82, 2.24) is 5.32 Å². The number of nitrogens with one attached hydrogen (secondary N) is 1. The van der Waals surface area contributed by atoms with Gasteiger partial charge in [0.25, 0.3) is 0 Å². The first-order valence-corrected chi connectivity index (χ1v) is 5.62. The van der Waals surface area contributed by atoms with Crippen LogP contribution in [0.15, 0.2) is 17.5 Å². The molecular weight excluding hydrogens is 182 g/mol. The van der Waals surface area contributed by atoms with Crippen LogP contribution in [0.2, 0.25) is 0 Å². The maximum Gasteiger partial charge on any atom is 0.103 e. The van der Waals surface area contributed by atoms with Gasteiger partial charge in [-0.25, -0.2) is 0 Å². The van der Waals surface area contributed by atoms with E-state index in [-0.39, 0.29) is 12.1 Å². The van der Waals surface area contributed by atoms with Crippen molar-refractivity contribution in [3.63, 3.8) is 0 Å². The highest BCUT2D eigenvalue weighted by molar-refractivity contribution is 7.10. The predicted molar refractivity (Wildman–Crippen MR) is 57.0 cm³/mol. The molecule has 1 rings (SSSR count). The molecule has 0 fully saturated rings. The zero-order chi connectivity index (χ0) is 9.68. The van der Waals surface area contributed by atoms with E-state index in [1.54, 1.807) is 11.3 Å². The Morgan fingerprint density at radius 1 is 1.54 bits per heavy atom. The SMILES string of the molecule is CCNC(CC)C(O)c1cccs1. The Kier molecular flexibility index (Phi) is 4.42. The normalized spacial score (nSPS) is 15.6. The van der Waals surface area contributed by atoms with Gasteiger partial charge in [0.15, 0.2) is 0 Å². The molecule has 0 aliphatic carbocycles. The van der Waals surface area contributed by atoms with Crippen molar-refractivity contribution >= 4 is 11.3 Å². The zero-order valence-electron chi connectivity index (χ0n) is 8.16. The number of rotatable bonds is 5. The van der Waals surface area contributed by atoms with Crippen LogP contribution in [0, 0.1) is 0 Å². The van der Waals surface area contributed by atoms with Gasteiger partial charge >= 0.3 is 0 Å². The van der Waals surface area contributed by atoms with Crippen molar-refractivity contribution in [1.29, 1.82) is 0 Å². The van der Waals surface area contributed by atoms with Crippen LogP contribution in [0.25, 0.3) is 0 Å². The lowest BCUT2D eigenvalue weighted by Gasteiger charge is -2.21. The van der Waals surface area contributed by atoms with E-state index >= 15 is 0 Å². The summed E-state index contributed by atoms with van der Waals surface area (Å²) in [6.45, 7) is 5.05. The molecule has 0 saturated carbocycles. The van der Waals surface area contributed by atoms with Crippen LogP contribution >= 0.6 is 11.3 Å². The van der Waals surface area contributed by atoms with Crippen LogP contribution in [-0.2, 0) is 0 Å². The van der Waals surface area contributed by atoms with Gasteiger partial charge in [-0.15, -0.1) is 11.3 Å². The Hall–Kier alpha value is -0.380. The quantitative estimate of drug-likeness (QED) is 0.761. The van der Waals surface area contributed by atoms with Gasteiger partial charge in [-0.2, -0.15) is 0 Å². The first-order chi connectivity index (χ1) is 6.29. The van der Waals surface area contributed by atoms with Crippen molar-refractivity contribution in [2.75, 3.05) is 6.54 Å². The molecule has 0 bridgehead atoms. The monoisotopic (exact) mass is 199 g/mol. The Morgan fingerprint density at radius 3 is 2.77 bits per heavy atom. The summed E-state index contributed by atoms with van der Waals surface area (Å²) in [6, 6.07) is 4.14. The average molecular weight is 199 g/mol. The molecule has 13 heavy (non-hydrogen) atoms. The van der Waals surface area contributed by atoms with Gasteiger partial charge in [0.2, 0.25) is 0 Å². The average Bonchev–Trinajstić information content (AvgIpc) is 2.65. The second-order valence-corrected chi connectivity index (χ2v) is 4.01. The molecule has 1 heterocycles. The summed E-state index contributed by atoms with van der Waals surface area (Å²) in [5, 5.41) is 15.2. The summed E-state index contributed by atoms with van der Waals surface area (Å²) in [4.78, 5) is 1.05. The Bertz CT molecular complexity index is 223. The Labute approximate surface area is 83.6 Å². The van der Waals surface area contributed by atoms with Gasteiger partial charge in [-0.1, -0.05) is 19.9 Å². The molecular formula is C10H17NOS. The van der Waals surface area contributed by atoms with Gasteiger partial charge in [0.05, 0.1) is 0 Å². The molecule has 2 atom stereocenters. The summed E-state index contributed by atoms with van der Waals surface area (Å²) in [6.07, 6.45) is 0.595. The first kappa shape index (κ1) is 10.7. The summed E-state index contributed by atoms with van der Waals surface area (Å²) in [5.74, 6) is 0. The van der Waals surface area contributed by atoms with Gasteiger partial charge < -0.3 is 10.4 Å². The summed E-state index contributed by atoms with van der Waals surface area (Å²) < 4.78 is 0. The molecule has 1 aromatic rings. The van der Waals surface area contributed by atoms with Gasteiger partial charge in [0, 0.05) is 10.9 Å². The zero-order valence-corrected chi connectivity index (χ0v) is 8.97. The molecule has 2 unspecified atom stereocenters. The van der Waals surface area contributed by atoms with Crippen molar-refractivity contribution in [2.24, 2.45) is 0 Å². The minimum absolute atomic E-state index is 0.184. The fraction of sp³-hybridized carbons (Fsp3) is 0.600. The molecule has 1 aromatic heterocycles. The number of aliphatic hydroxyl groups excluding tert-OH is 1. The number of hydrogen-bond acceptors (Lipinski definition) is 3. The fourth-order valence-electron chi connectivity index (χ4n) is 1.40. The molecule has 3 heteroatoms. The Morgan fingerprint density at radius 2 is 2.31 bits per heavy atom. The molecule has 2 nitrogen and oxygen atoms in total. The van der Waals surface area contributed by atoms with Crippen LogP contribution < -0.4 is 5.32 Å². The van der Waals surface area contributed by atoms with Crippen LogP contribution in [-0.4, -0.2) is 17.7 Å². The molecule has 0 radical (unpaired) electrons. The van der Waals surface area contributed by atoms with E-state index in [0.29, 0.717) is 0 Å². The molecule has 0 aromatic carbocycles. The molecule has 0 aliphatic heterocycles. The second kappa shape index (κ2) is 5.37. The molecule has 74 valence electrons. The predicted octanol–water partition coefficient (Wildman–Crippen LogP) is 2.17. The molecule has 0 saturated heterocycles. The largest absolute Gasteiger partial charge is 0.386 e. The van der Waals surface area contributed by atoms with Gasteiger partial charge in [-0.3, -0.25) is 0 Å². The van der Waals surface area contributed by atoms with Crippen molar-refractivity contribution in [3.8, 4) is 0 Å². The highest BCUT2D eigenvalue weighted by Crippen LogP contribution is 2.23. The highest BCUT2D eigenvalue weighted by Gasteiger charge is 2.18. The van der Waals surface area contributed by atoms with E-state index in [2.05, 4.69) is 19.2 Å². The maximum atomic E-state index is 9.95. The van der Waals surface area contributed by atoms with E-state index in [1.807, 2.05) is 17.5 Å². The summed E-state index contributed by atoms with van der Waals surface area (Å²) in [7, 11) is 0. The molecule has 2 N–H and O–H groups in total. The van der Waals surface area contributed by atoms with Crippen molar-refractivity contribution in [2.45, 2.75) is 32.4 Å². The number of hydrogen-bond donors (Lipinski definition) is 2. The van der Waals surface area contributed by atoms with E-state index in [4.69, 9.17) is 0 Å². The summed E-state index contributed by atoms with van der Waals surface area (Å²) in [5.41, 5.74) is 0. The lowest BCUT2D eigenvalue weighted by atomic mass is 10.1. The molecule has 0 spiro atoms. The van der Waals surface area contributed by atoms with Crippen molar-refractivity contribution < 1.29 is 5.11 Å². The van der Waals surface area contributed by atoms with E-state index < -0.39 is 0 Å². The summed E-state index contributed by atoms with van der Waals surface area (Å²) >= 11 is 1.61. The number of aliphatic hydroxyl groups is 1. The van der Waals surface area contributed by atoms with E-state index in [1.165, 1.54) is 0 Å². The third kappa shape index (κ3) is 2.79. The van der Waals surface area contributed by atoms with E-state index in [0.717, 1.165) is 17.8 Å². The lowest BCUT2D eigenvalue weighted by molar-refractivity contribution is 0.130. The lowest BCUT2D eigenvalue weighted by Crippen LogP contribution is -2.33. The van der Waals surface area contributed by atoms with Gasteiger partial charge in [0.1, 0.15) is 6.10 Å². The topological polar surface area (TPSA) is 32.3 Å². The van der Waals surface area contributed by atoms with Crippen LogP contribution in [0.5, 0.6) is 0 Å². The third-order valence-electron chi connectivity index (χ3n) is 2.12. The van der Waals surface area contributed by atoms with E-state index in [9.17, 15) is 5.11 Å². The smallest absolute Gasteiger partial charge is 0.103 e. The standard InChI is InChI=1S/C10H17NOS/c1-3-8(11-4-2)10(12)9-6-5-7-13-9/h5-8,10-12H,3-4H2,1-2H3. The third-order valence-corrected chi connectivity index (χ3v) is 3.06. The van der Waals surface area contributed by atoms with Crippen molar-refractivity contribution in [3.05, 3.63) is 22.4 Å². The molecule has 0 amide bonds. The number of likely N-dealkylation sites (N-methyl/N-ethyl adjacent to an activating group) is 1. The number of thiophene rings is 1. The Balaban J connectivity index is 2.58. The minimum atomic E-state index is -0.357. The minimum Gasteiger partial charge on any atom is -0.386 e. The highest BCUT2D eigenvalue weighted by atomic mass is 32.1. The maximum absolute atomic E-state index is 9.95. The fourth-order valence-corrected chi connectivity index (χ4v) is 2.17. The van der Waals surface area contributed by atoms with Crippen LogP contribution in [0.3, 0.4) is 0 Å². The van der Waals surface area contributed by atoms with Crippen LogP contribution in [0.1, 0.15) is 31.2 Å². The first-order valence-electron chi connectivity index (χ1n) is 4.74. The van der Waals surface area contributed by atoms with Crippen LogP contribution in [0.4, 0.5) is 0 Å². The second-order valence-electron chi connectivity index (χ2n) is 3.03. The molecule has 0 aliphatic rings. The van der Waals surface area contributed by atoms with Gasteiger partial charge in [-0.05, 0) is 24.4 Å².